The van der Waals surface area contributed by atoms with Gasteiger partial charge in [0.25, 0.3) is 0 Å². The van der Waals surface area contributed by atoms with E-state index in [2.05, 4.69) is 9.46 Å². The average molecular weight is 322 g/mol. The number of carboxylic acid groups (broad SMARTS) is 1. The number of benzene rings is 1. The van der Waals surface area contributed by atoms with Crippen molar-refractivity contribution in [1.29, 1.82) is 0 Å². The third-order valence-electron chi connectivity index (χ3n) is 2.30. The molecule has 7 nitrogen and oxygen atoms in total. The summed E-state index contributed by atoms with van der Waals surface area (Å²) in [7, 11) is -2.74. The Labute approximate surface area is 120 Å². The van der Waals surface area contributed by atoms with Crippen LogP contribution in [0.15, 0.2) is 18.2 Å². The van der Waals surface area contributed by atoms with E-state index < -0.39 is 27.7 Å². The van der Waals surface area contributed by atoms with Gasteiger partial charge in [-0.25, -0.2) is 13.2 Å². The van der Waals surface area contributed by atoms with E-state index in [0.29, 0.717) is 0 Å². The van der Waals surface area contributed by atoms with Gasteiger partial charge in [0, 0.05) is 0 Å². The summed E-state index contributed by atoms with van der Waals surface area (Å²) in [5.74, 6) is -2.56. The van der Waals surface area contributed by atoms with Crippen molar-refractivity contribution in [2.45, 2.75) is 6.42 Å². The lowest BCUT2D eigenvalue weighted by Gasteiger charge is -2.11. The van der Waals surface area contributed by atoms with E-state index in [9.17, 15) is 18.0 Å². The van der Waals surface area contributed by atoms with Gasteiger partial charge in [0.1, 0.15) is 5.56 Å². The number of carbonyl (C=O) groups excluding carboxylic acids is 1. The molecule has 0 saturated carbocycles. The lowest BCUT2D eigenvalue weighted by molar-refractivity contribution is -0.140. The minimum absolute atomic E-state index is 0.0920. The van der Waals surface area contributed by atoms with Crippen molar-refractivity contribution < 1.29 is 27.9 Å². The number of halogens is 1. The normalized spacial score (nSPS) is 10.9. The molecule has 0 radical (unpaired) electrons. The molecule has 9 heteroatoms. The molecule has 0 atom stereocenters. The Kier molecular flexibility index (Phi) is 5.34. The van der Waals surface area contributed by atoms with Crippen molar-refractivity contribution >= 4 is 39.3 Å². The zero-order valence-corrected chi connectivity index (χ0v) is 12.0. The Morgan fingerprint density at radius 1 is 1.40 bits per heavy atom. The average Bonchev–Trinajstić information content (AvgIpc) is 2.35. The van der Waals surface area contributed by atoms with Crippen molar-refractivity contribution in [2.75, 3.05) is 17.6 Å². The minimum atomic E-state index is -3.89. The molecule has 0 spiro atoms. The molecule has 110 valence electrons. The van der Waals surface area contributed by atoms with Gasteiger partial charge in [0.05, 0.1) is 30.0 Å². The first-order valence-corrected chi connectivity index (χ1v) is 7.39. The van der Waals surface area contributed by atoms with E-state index in [-0.39, 0.29) is 22.7 Å². The van der Waals surface area contributed by atoms with E-state index in [1.807, 2.05) is 0 Å². The standard InChI is InChI=1S/C11H12ClNO6S/c1-19-9(14)5-6-20(17,18)13-8-4-2-3-7(12)10(8)11(15)16/h2-4,13H,5-6H2,1H3,(H,15,16). The maximum absolute atomic E-state index is 11.8. The Hall–Kier alpha value is -1.80. The number of sulfonamides is 1. The summed E-state index contributed by atoms with van der Waals surface area (Å²) in [6.45, 7) is 0. The zero-order valence-electron chi connectivity index (χ0n) is 10.4. The highest BCUT2D eigenvalue weighted by Crippen LogP contribution is 2.25. The van der Waals surface area contributed by atoms with Crippen LogP contribution in [0.25, 0.3) is 0 Å². The number of aromatic carboxylic acids is 1. The number of rotatable bonds is 6. The van der Waals surface area contributed by atoms with Crippen molar-refractivity contribution in [3.63, 3.8) is 0 Å². The van der Waals surface area contributed by atoms with Crippen LogP contribution in [0.1, 0.15) is 16.8 Å². The summed E-state index contributed by atoms with van der Waals surface area (Å²) >= 11 is 5.71. The van der Waals surface area contributed by atoms with Gasteiger partial charge in [-0.3, -0.25) is 9.52 Å². The van der Waals surface area contributed by atoms with Gasteiger partial charge in [0.15, 0.2) is 0 Å². The summed E-state index contributed by atoms with van der Waals surface area (Å²) in [5, 5.41) is 8.91. The molecule has 0 unspecified atom stereocenters. The SMILES string of the molecule is COC(=O)CCS(=O)(=O)Nc1cccc(Cl)c1C(=O)O. The molecule has 0 heterocycles. The first-order chi connectivity index (χ1) is 9.26. The molecule has 2 N–H and O–H groups in total. The Bertz CT molecular complexity index is 628. The third-order valence-corrected chi connectivity index (χ3v) is 3.88. The molecule has 0 fully saturated rings. The highest BCUT2D eigenvalue weighted by Gasteiger charge is 2.19. The second-order valence-electron chi connectivity index (χ2n) is 3.71. The second-order valence-corrected chi connectivity index (χ2v) is 5.96. The minimum Gasteiger partial charge on any atom is -0.478 e. The van der Waals surface area contributed by atoms with Crippen molar-refractivity contribution in [1.82, 2.24) is 0 Å². The molecule has 1 aromatic carbocycles. The van der Waals surface area contributed by atoms with Gasteiger partial charge in [-0.2, -0.15) is 0 Å². The molecular weight excluding hydrogens is 310 g/mol. The molecule has 0 saturated heterocycles. The molecule has 0 aliphatic heterocycles. The van der Waals surface area contributed by atoms with Gasteiger partial charge in [-0.1, -0.05) is 17.7 Å². The fourth-order valence-electron chi connectivity index (χ4n) is 1.36. The topological polar surface area (TPSA) is 110 Å². The van der Waals surface area contributed by atoms with Crippen molar-refractivity contribution in [3.05, 3.63) is 28.8 Å². The van der Waals surface area contributed by atoms with Gasteiger partial charge < -0.3 is 9.84 Å². The Morgan fingerprint density at radius 2 is 2.05 bits per heavy atom. The molecule has 0 bridgehead atoms. The summed E-state index contributed by atoms with van der Waals surface area (Å²) < 4.78 is 29.9. The lowest BCUT2D eigenvalue weighted by Crippen LogP contribution is -2.21. The molecular formula is C11H12ClNO6S. The molecule has 20 heavy (non-hydrogen) atoms. The maximum atomic E-state index is 11.8. The smallest absolute Gasteiger partial charge is 0.339 e. The number of hydrogen-bond acceptors (Lipinski definition) is 5. The predicted molar refractivity (Wildman–Crippen MR) is 72.5 cm³/mol. The summed E-state index contributed by atoms with van der Waals surface area (Å²) in [5.41, 5.74) is -0.509. The van der Waals surface area contributed by atoms with E-state index in [1.165, 1.54) is 18.2 Å². The van der Waals surface area contributed by atoms with Crippen LogP contribution in [0.2, 0.25) is 5.02 Å². The predicted octanol–water partition coefficient (Wildman–Crippen LogP) is 1.34. The second kappa shape index (κ2) is 6.58. The molecule has 0 amide bonds. The number of ether oxygens (including phenoxy) is 1. The number of carbonyl (C=O) groups is 2. The quantitative estimate of drug-likeness (QED) is 0.765. The van der Waals surface area contributed by atoms with E-state index in [1.54, 1.807) is 0 Å². The van der Waals surface area contributed by atoms with Crippen LogP contribution < -0.4 is 4.72 Å². The van der Waals surface area contributed by atoms with Crippen LogP contribution in [-0.2, 0) is 19.6 Å². The number of esters is 1. The molecule has 1 rings (SSSR count). The van der Waals surface area contributed by atoms with Gasteiger partial charge in [-0.15, -0.1) is 0 Å². The van der Waals surface area contributed by atoms with Crippen molar-refractivity contribution in [2.24, 2.45) is 0 Å². The van der Waals surface area contributed by atoms with Crippen LogP contribution in [0.3, 0.4) is 0 Å². The largest absolute Gasteiger partial charge is 0.478 e. The third kappa shape index (κ3) is 4.39. The van der Waals surface area contributed by atoms with Crippen LogP contribution in [-0.4, -0.2) is 38.3 Å². The number of nitrogens with one attached hydrogen (secondary N) is 1. The van der Waals surface area contributed by atoms with Crippen molar-refractivity contribution in [3.8, 4) is 0 Å². The molecule has 1 aromatic rings. The lowest BCUT2D eigenvalue weighted by atomic mass is 10.2. The number of methoxy groups -OCH3 is 1. The molecule has 0 aliphatic carbocycles. The first-order valence-electron chi connectivity index (χ1n) is 5.36. The first kappa shape index (κ1) is 16.3. The van der Waals surface area contributed by atoms with Crippen LogP contribution in [0, 0.1) is 0 Å². The summed E-state index contributed by atoms with van der Waals surface area (Å²) in [4.78, 5) is 22.0. The van der Waals surface area contributed by atoms with Gasteiger partial charge >= 0.3 is 11.9 Å². The Balaban J connectivity index is 2.96. The highest BCUT2D eigenvalue weighted by atomic mass is 35.5. The molecule has 0 aliphatic rings. The maximum Gasteiger partial charge on any atom is 0.339 e. The van der Waals surface area contributed by atoms with Gasteiger partial charge in [0.2, 0.25) is 10.0 Å². The number of carboxylic acids is 1. The fourth-order valence-corrected chi connectivity index (χ4v) is 2.66. The van der Waals surface area contributed by atoms with Crippen LogP contribution in [0.4, 0.5) is 5.69 Å². The summed E-state index contributed by atoms with van der Waals surface area (Å²) in [6, 6.07) is 4.01. The fraction of sp³-hybridized carbons (Fsp3) is 0.273. The monoisotopic (exact) mass is 321 g/mol. The van der Waals surface area contributed by atoms with Gasteiger partial charge in [-0.05, 0) is 12.1 Å². The van der Waals surface area contributed by atoms with E-state index in [4.69, 9.17) is 16.7 Å². The zero-order chi connectivity index (χ0) is 15.3. The molecule has 0 aromatic heterocycles. The summed E-state index contributed by atoms with van der Waals surface area (Å²) in [6.07, 6.45) is -0.338. The Morgan fingerprint density at radius 3 is 2.60 bits per heavy atom. The van der Waals surface area contributed by atoms with E-state index >= 15 is 0 Å². The number of anilines is 1. The highest BCUT2D eigenvalue weighted by molar-refractivity contribution is 7.92. The van der Waals surface area contributed by atoms with Crippen LogP contribution >= 0.6 is 11.6 Å². The van der Waals surface area contributed by atoms with E-state index in [0.717, 1.165) is 7.11 Å². The number of hydrogen-bond donors (Lipinski definition) is 2. The van der Waals surface area contributed by atoms with Crippen LogP contribution in [0.5, 0.6) is 0 Å².